The average molecular weight is 232 g/mol. The van der Waals surface area contributed by atoms with Gasteiger partial charge in [0, 0.05) is 0 Å². The minimum Gasteiger partial charge on any atom is -0.368 e. The second kappa shape index (κ2) is 5.82. The molecule has 1 aliphatic rings. The summed E-state index contributed by atoms with van der Waals surface area (Å²) in [6.07, 6.45) is 4.19. The first-order valence-electron chi connectivity index (χ1n) is 6.34. The summed E-state index contributed by atoms with van der Waals surface area (Å²) in [5.74, 6) is -0.165. The Labute approximate surface area is 103 Å². The van der Waals surface area contributed by atoms with Crippen molar-refractivity contribution in [2.24, 2.45) is 5.73 Å². The number of hydrogen-bond donors (Lipinski definition) is 1. The predicted molar refractivity (Wildman–Crippen MR) is 68.6 cm³/mol. The minimum atomic E-state index is -0.165. The van der Waals surface area contributed by atoms with Crippen molar-refractivity contribution in [1.82, 2.24) is 4.90 Å². The van der Waals surface area contributed by atoms with Gasteiger partial charge in [-0.3, -0.25) is 9.69 Å². The summed E-state index contributed by atoms with van der Waals surface area (Å²) in [5, 5.41) is 0. The molecule has 3 heteroatoms. The van der Waals surface area contributed by atoms with Crippen LogP contribution in [0.25, 0.3) is 0 Å². The standard InChI is InChI=1S/C14H20N2O/c15-14(17)13-9-5-11-16(13)10-4-8-12-6-2-1-3-7-12/h1-3,6-7,13H,4-5,8-11H2,(H2,15,17)/t13-/m1/s1. The molecule has 0 spiro atoms. The molecule has 17 heavy (non-hydrogen) atoms. The summed E-state index contributed by atoms with van der Waals surface area (Å²) in [6, 6.07) is 10.4. The van der Waals surface area contributed by atoms with Crippen molar-refractivity contribution in [2.45, 2.75) is 31.7 Å². The lowest BCUT2D eigenvalue weighted by atomic mass is 10.1. The summed E-state index contributed by atoms with van der Waals surface area (Å²) in [7, 11) is 0. The number of nitrogens with two attached hydrogens (primary N) is 1. The molecule has 1 aromatic rings. The van der Waals surface area contributed by atoms with Gasteiger partial charge in [0.1, 0.15) is 0 Å². The van der Waals surface area contributed by atoms with Gasteiger partial charge in [-0.2, -0.15) is 0 Å². The van der Waals surface area contributed by atoms with Gasteiger partial charge in [0.15, 0.2) is 0 Å². The largest absolute Gasteiger partial charge is 0.368 e. The molecule has 0 aliphatic carbocycles. The quantitative estimate of drug-likeness (QED) is 0.837. The van der Waals surface area contributed by atoms with Gasteiger partial charge in [0.2, 0.25) is 5.91 Å². The molecule has 1 fully saturated rings. The Balaban J connectivity index is 1.77. The van der Waals surface area contributed by atoms with E-state index in [1.807, 2.05) is 6.07 Å². The number of aryl methyl sites for hydroxylation is 1. The molecule has 1 saturated heterocycles. The minimum absolute atomic E-state index is 0.0224. The third-order valence-electron chi connectivity index (χ3n) is 3.45. The zero-order valence-corrected chi connectivity index (χ0v) is 10.1. The third kappa shape index (κ3) is 3.30. The fourth-order valence-corrected chi connectivity index (χ4v) is 2.55. The SMILES string of the molecule is NC(=O)[C@H]1CCCN1CCCc1ccccc1. The highest BCUT2D eigenvalue weighted by atomic mass is 16.1. The monoisotopic (exact) mass is 232 g/mol. The zero-order chi connectivity index (χ0) is 12.1. The number of hydrogen-bond acceptors (Lipinski definition) is 2. The Kier molecular flexibility index (Phi) is 4.15. The van der Waals surface area contributed by atoms with Crippen LogP contribution in [0.4, 0.5) is 0 Å². The first-order valence-corrected chi connectivity index (χ1v) is 6.34. The number of carbonyl (C=O) groups is 1. The second-order valence-electron chi connectivity index (χ2n) is 4.69. The van der Waals surface area contributed by atoms with E-state index in [2.05, 4.69) is 29.2 Å². The van der Waals surface area contributed by atoms with Crippen molar-refractivity contribution in [2.75, 3.05) is 13.1 Å². The lowest BCUT2D eigenvalue weighted by molar-refractivity contribution is -0.122. The lowest BCUT2D eigenvalue weighted by Crippen LogP contribution is -2.40. The molecule has 1 heterocycles. The van der Waals surface area contributed by atoms with Crippen LogP contribution in [-0.2, 0) is 11.2 Å². The number of primary amides is 1. The van der Waals surface area contributed by atoms with E-state index < -0.39 is 0 Å². The van der Waals surface area contributed by atoms with Gasteiger partial charge in [0.05, 0.1) is 6.04 Å². The average Bonchev–Trinajstić information content (AvgIpc) is 2.79. The summed E-state index contributed by atoms with van der Waals surface area (Å²) in [4.78, 5) is 13.5. The molecule has 0 bridgehead atoms. The summed E-state index contributed by atoms with van der Waals surface area (Å²) >= 11 is 0. The molecule has 1 aliphatic heterocycles. The highest BCUT2D eigenvalue weighted by Gasteiger charge is 2.27. The highest BCUT2D eigenvalue weighted by Crippen LogP contribution is 2.17. The van der Waals surface area contributed by atoms with Gasteiger partial charge in [-0.25, -0.2) is 0 Å². The van der Waals surface area contributed by atoms with Crippen molar-refractivity contribution in [3.8, 4) is 0 Å². The van der Waals surface area contributed by atoms with E-state index in [1.165, 1.54) is 5.56 Å². The Bertz CT molecular complexity index is 364. The molecule has 0 saturated carbocycles. The molecule has 2 rings (SSSR count). The number of rotatable bonds is 5. The molecular formula is C14H20N2O. The third-order valence-corrected chi connectivity index (χ3v) is 3.45. The van der Waals surface area contributed by atoms with E-state index in [9.17, 15) is 4.79 Å². The van der Waals surface area contributed by atoms with Crippen LogP contribution in [0.2, 0.25) is 0 Å². The molecule has 92 valence electrons. The maximum atomic E-state index is 11.2. The van der Waals surface area contributed by atoms with Crippen LogP contribution in [0.15, 0.2) is 30.3 Å². The molecule has 0 radical (unpaired) electrons. The van der Waals surface area contributed by atoms with Gasteiger partial charge in [-0.05, 0) is 44.3 Å². The van der Waals surface area contributed by atoms with Gasteiger partial charge < -0.3 is 5.73 Å². The van der Waals surface area contributed by atoms with E-state index in [0.717, 1.165) is 38.8 Å². The van der Waals surface area contributed by atoms with Crippen molar-refractivity contribution in [3.63, 3.8) is 0 Å². The Morgan fingerprint density at radius 1 is 1.35 bits per heavy atom. The zero-order valence-electron chi connectivity index (χ0n) is 10.1. The molecule has 1 amide bonds. The van der Waals surface area contributed by atoms with Gasteiger partial charge in [-0.1, -0.05) is 30.3 Å². The molecular weight excluding hydrogens is 212 g/mol. The van der Waals surface area contributed by atoms with E-state index >= 15 is 0 Å². The first kappa shape index (κ1) is 12.1. The van der Waals surface area contributed by atoms with E-state index in [0.29, 0.717) is 0 Å². The summed E-state index contributed by atoms with van der Waals surface area (Å²) in [6.45, 7) is 1.99. The fourth-order valence-electron chi connectivity index (χ4n) is 2.55. The smallest absolute Gasteiger partial charge is 0.234 e. The predicted octanol–water partition coefficient (Wildman–Crippen LogP) is 1.57. The molecule has 1 atom stereocenters. The number of carbonyl (C=O) groups excluding carboxylic acids is 1. The van der Waals surface area contributed by atoms with Crippen molar-refractivity contribution in [1.29, 1.82) is 0 Å². The highest BCUT2D eigenvalue weighted by molar-refractivity contribution is 5.80. The topological polar surface area (TPSA) is 46.3 Å². The van der Waals surface area contributed by atoms with Crippen LogP contribution in [0, 0.1) is 0 Å². The number of benzene rings is 1. The maximum absolute atomic E-state index is 11.2. The van der Waals surface area contributed by atoms with Gasteiger partial charge in [-0.15, -0.1) is 0 Å². The van der Waals surface area contributed by atoms with Crippen LogP contribution in [0.5, 0.6) is 0 Å². The van der Waals surface area contributed by atoms with Crippen molar-refractivity contribution in [3.05, 3.63) is 35.9 Å². The van der Waals surface area contributed by atoms with E-state index in [-0.39, 0.29) is 11.9 Å². The van der Waals surface area contributed by atoms with Gasteiger partial charge in [0.25, 0.3) is 0 Å². The Morgan fingerprint density at radius 3 is 2.82 bits per heavy atom. The van der Waals surface area contributed by atoms with Crippen molar-refractivity contribution < 1.29 is 4.79 Å². The molecule has 2 N–H and O–H groups in total. The molecule has 1 aromatic carbocycles. The molecule has 3 nitrogen and oxygen atoms in total. The Morgan fingerprint density at radius 2 is 2.12 bits per heavy atom. The van der Waals surface area contributed by atoms with E-state index in [4.69, 9.17) is 5.73 Å². The molecule has 0 unspecified atom stereocenters. The van der Waals surface area contributed by atoms with Crippen LogP contribution in [0.1, 0.15) is 24.8 Å². The summed E-state index contributed by atoms with van der Waals surface area (Å²) in [5.41, 5.74) is 6.75. The number of amides is 1. The van der Waals surface area contributed by atoms with Crippen LogP contribution < -0.4 is 5.73 Å². The van der Waals surface area contributed by atoms with Crippen molar-refractivity contribution >= 4 is 5.91 Å². The maximum Gasteiger partial charge on any atom is 0.234 e. The fraction of sp³-hybridized carbons (Fsp3) is 0.500. The Hall–Kier alpha value is -1.35. The number of likely N-dealkylation sites (tertiary alicyclic amines) is 1. The lowest BCUT2D eigenvalue weighted by Gasteiger charge is -2.21. The van der Waals surface area contributed by atoms with E-state index in [1.54, 1.807) is 0 Å². The summed E-state index contributed by atoms with van der Waals surface area (Å²) < 4.78 is 0. The number of nitrogens with zero attached hydrogens (tertiary/aromatic N) is 1. The van der Waals surface area contributed by atoms with Gasteiger partial charge >= 0.3 is 0 Å². The normalized spacial score (nSPS) is 20.6. The van der Waals surface area contributed by atoms with Crippen LogP contribution in [0.3, 0.4) is 0 Å². The van der Waals surface area contributed by atoms with Crippen LogP contribution >= 0.6 is 0 Å². The van der Waals surface area contributed by atoms with Crippen LogP contribution in [-0.4, -0.2) is 29.9 Å². The second-order valence-corrected chi connectivity index (χ2v) is 4.69. The molecule has 0 aromatic heterocycles. The first-order chi connectivity index (χ1) is 8.27.